The van der Waals surface area contributed by atoms with Crippen molar-refractivity contribution in [3.63, 3.8) is 0 Å². The number of esters is 1. The van der Waals surface area contributed by atoms with Crippen molar-refractivity contribution in [2.24, 2.45) is 0 Å². The average molecular weight is 332 g/mol. The van der Waals surface area contributed by atoms with E-state index in [-0.39, 0.29) is 31.5 Å². The lowest BCUT2D eigenvalue weighted by atomic mass is 10.3. The van der Waals surface area contributed by atoms with Gasteiger partial charge in [0.05, 0.1) is 12.1 Å². The Morgan fingerprint density at radius 2 is 2.08 bits per heavy atom. The highest BCUT2D eigenvalue weighted by atomic mass is 16.5. The second-order valence-electron chi connectivity index (χ2n) is 5.80. The fourth-order valence-corrected chi connectivity index (χ4v) is 2.73. The Labute approximate surface area is 138 Å². The number of nitrogens with zero attached hydrogens (tertiary/aromatic N) is 2. The molecule has 128 valence electrons. The number of amides is 1. The zero-order chi connectivity index (χ0) is 17.1. The van der Waals surface area contributed by atoms with E-state index < -0.39 is 11.7 Å². The largest absolute Gasteiger partial charge is 0.465 e. The summed E-state index contributed by atoms with van der Waals surface area (Å²) >= 11 is 0. The molecule has 2 aromatic rings. The fourth-order valence-electron chi connectivity index (χ4n) is 2.73. The van der Waals surface area contributed by atoms with E-state index in [1.165, 1.54) is 4.57 Å². The number of ether oxygens (including phenoxy) is 1. The lowest BCUT2D eigenvalue weighted by molar-refractivity contribution is -0.149. The third kappa shape index (κ3) is 3.50. The van der Waals surface area contributed by atoms with Crippen LogP contribution in [0.25, 0.3) is 11.1 Å². The summed E-state index contributed by atoms with van der Waals surface area (Å²) in [6.45, 7) is 2.22. The van der Waals surface area contributed by atoms with Gasteiger partial charge in [-0.3, -0.25) is 14.2 Å². The molecular formula is C17H20N2O5. The molecule has 1 aliphatic rings. The molecule has 3 rings (SSSR count). The monoisotopic (exact) mass is 332 g/mol. The van der Waals surface area contributed by atoms with Crippen molar-refractivity contribution in [1.29, 1.82) is 0 Å². The lowest BCUT2D eigenvalue weighted by Crippen LogP contribution is -2.38. The highest BCUT2D eigenvalue weighted by molar-refractivity contribution is 5.82. The highest BCUT2D eigenvalue weighted by Gasteiger charge is 2.34. The molecule has 0 aliphatic heterocycles. The number of aryl methyl sites for hydroxylation is 1. The summed E-state index contributed by atoms with van der Waals surface area (Å²) in [4.78, 5) is 37.6. The van der Waals surface area contributed by atoms with E-state index in [1.54, 1.807) is 30.0 Å². The molecule has 0 atom stereocenters. The molecule has 0 spiro atoms. The van der Waals surface area contributed by atoms with E-state index >= 15 is 0 Å². The Hall–Kier alpha value is -2.57. The van der Waals surface area contributed by atoms with Crippen molar-refractivity contribution in [3.8, 4) is 0 Å². The maximum Gasteiger partial charge on any atom is 0.419 e. The molecule has 1 aromatic carbocycles. The number of hydrogen-bond acceptors (Lipinski definition) is 5. The SMILES string of the molecule is CCOC(=O)CN(C(=O)CCn1c(=O)oc2ccccc21)C1CC1. The van der Waals surface area contributed by atoms with E-state index in [1.807, 2.05) is 6.07 Å². The number of oxazole rings is 1. The zero-order valence-corrected chi connectivity index (χ0v) is 13.6. The minimum Gasteiger partial charge on any atom is -0.465 e. The molecular weight excluding hydrogens is 312 g/mol. The van der Waals surface area contributed by atoms with Crippen molar-refractivity contribution in [3.05, 3.63) is 34.8 Å². The summed E-state index contributed by atoms with van der Waals surface area (Å²) in [6.07, 6.45) is 1.94. The van der Waals surface area contributed by atoms with Crippen molar-refractivity contribution in [1.82, 2.24) is 9.47 Å². The molecule has 1 amide bonds. The Kier molecular flexibility index (Phi) is 4.69. The van der Waals surface area contributed by atoms with Gasteiger partial charge in [-0.15, -0.1) is 0 Å². The van der Waals surface area contributed by atoms with Gasteiger partial charge in [0, 0.05) is 19.0 Å². The van der Waals surface area contributed by atoms with Gasteiger partial charge in [-0.05, 0) is 31.9 Å². The van der Waals surface area contributed by atoms with Gasteiger partial charge >= 0.3 is 11.7 Å². The first-order valence-corrected chi connectivity index (χ1v) is 8.13. The van der Waals surface area contributed by atoms with Crippen LogP contribution in [-0.2, 0) is 20.9 Å². The standard InChI is InChI=1S/C17H20N2O5/c1-2-23-16(21)11-19(12-7-8-12)15(20)9-10-18-13-5-3-4-6-14(13)24-17(18)22/h3-6,12H,2,7-11H2,1H3. The molecule has 1 saturated carbocycles. The maximum atomic E-state index is 12.5. The second kappa shape index (κ2) is 6.90. The number of carbonyl (C=O) groups excluding carboxylic acids is 2. The van der Waals surface area contributed by atoms with Gasteiger partial charge in [-0.25, -0.2) is 4.79 Å². The van der Waals surface area contributed by atoms with Crippen LogP contribution in [0.5, 0.6) is 0 Å². The molecule has 1 aliphatic carbocycles. The van der Waals surface area contributed by atoms with Gasteiger partial charge < -0.3 is 14.1 Å². The molecule has 1 aromatic heterocycles. The van der Waals surface area contributed by atoms with Gasteiger partial charge in [0.1, 0.15) is 6.54 Å². The smallest absolute Gasteiger partial charge is 0.419 e. The van der Waals surface area contributed by atoms with E-state index in [9.17, 15) is 14.4 Å². The molecule has 0 unspecified atom stereocenters. The second-order valence-corrected chi connectivity index (χ2v) is 5.80. The highest BCUT2D eigenvalue weighted by Crippen LogP contribution is 2.27. The van der Waals surface area contributed by atoms with E-state index in [2.05, 4.69) is 0 Å². The lowest BCUT2D eigenvalue weighted by Gasteiger charge is -2.21. The van der Waals surface area contributed by atoms with Crippen LogP contribution < -0.4 is 5.76 Å². The first-order chi connectivity index (χ1) is 11.6. The Morgan fingerprint density at radius 3 is 2.79 bits per heavy atom. The van der Waals surface area contributed by atoms with Crippen LogP contribution in [0.4, 0.5) is 0 Å². The summed E-state index contributed by atoms with van der Waals surface area (Å²) in [5.74, 6) is -1.03. The van der Waals surface area contributed by atoms with E-state index in [0.717, 1.165) is 12.8 Å². The quantitative estimate of drug-likeness (QED) is 0.718. The van der Waals surface area contributed by atoms with Crippen molar-refractivity contribution in [2.75, 3.05) is 13.2 Å². The number of carbonyl (C=O) groups is 2. The van der Waals surface area contributed by atoms with Gasteiger partial charge in [-0.1, -0.05) is 12.1 Å². The summed E-state index contributed by atoms with van der Waals surface area (Å²) in [7, 11) is 0. The molecule has 0 radical (unpaired) electrons. The van der Waals surface area contributed by atoms with Gasteiger partial charge in [0.2, 0.25) is 5.91 Å². The van der Waals surface area contributed by atoms with E-state index in [0.29, 0.717) is 17.7 Å². The molecule has 24 heavy (non-hydrogen) atoms. The van der Waals surface area contributed by atoms with Crippen LogP contribution in [0, 0.1) is 0 Å². The molecule has 7 nitrogen and oxygen atoms in total. The van der Waals surface area contributed by atoms with Gasteiger partial charge in [0.15, 0.2) is 5.58 Å². The predicted molar refractivity (Wildman–Crippen MR) is 86.5 cm³/mol. The molecule has 1 heterocycles. The minimum atomic E-state index is -0.479. The molecule has 1 fully saturated rings. The summed E-state index contributed by atoms with van der Waals surface area (Å²) < 4.78 is 11.5. The topological polar surface area (TPSA) is 81.8 Å². The van der Waals surface area contributed by atoms with Crippen LogP contribution in [0.15, 0.2) is 33.5 Å². The molecule has 7 heteroatoms. The van der Waals surface area contributed by atoms with Crippen LogP contribution in [0.2, 0.25) is 0 Å². The third-order valence-corrected chi connectivity index (χ3v) is 4.04. The minimum absolute atomic E-state index is 0.0294. The fraction of sp³-hybridized carbons (Fsp3) is 0.471. The summed E-state index contributed by atoms with van der Waals surface area (Å²) in [5, 5.41) is 0. The van der Waals surface area contributed by atoms with Crippen LogP contribution in [0.3, 0.4) is 0 Å². The molecule has 0 N–H and O–H groups in total. The summed E-state index contributed by atoms with van der Waals surface area (Å²) in [5.41, 5.74) is 1.17. The van der Waals surface area contributed by atoms with Gasteiger partial charge in [-0.2, -0.15) is 0 Å². The Bertz CT molecular complexity index is 803. The summed E-state index contributed by atoms with van der Waals surface area (Å²) in [6, 6.07) is 7.20. The van der Waals surface area contributed by atoms with Gasteiger partial charge in [0.25, 0.3) is 0 Å². The van der Waals surface area contributed by atoms with E-state index in [4.69, 9.17) is 9.15 Å². The number of para-hydroxylation sites is 2. The Balaban J connectivity index is 1.68. The van der Waals surface area contributed by atoms with Crippen LogP contribution >= 0.6 is 0 Å². The van der Waals surface area contributed by atoms with Crippen molar-refractivity contribution >= 4 is 23.0 Å². The van der Waals surface area contributed by atoms with Crippen LogP contribution in [0.1, 0.15) is 26.2 Å². The number of aromatic nitrogens is 1. The third-order valence-electron chi connectivity index (χ3n) is 4.04. The number of benzene rings is 1. The Morgan fingerprint density at radius 1 is 1.33 bits per heavy atom. The maximum absolute atomic E-state index is 12.5. The molecule has 0 saturated heterocycles. The van der Waals surface area contributed by atoms with Crippen LogP contribution in [-0.4, -0.2) is 40.5 Å². The first kappa shape index (κ1) is 16.3. The molecule has 0 bridgehead atoms. The average Bonchev–Trinajstić information content (AvgIpc) is 3.34. The van der Waals surface area contributed by atoms with Crippen molar-refractivity contribution < 1.29 is 18.7 Å². The zero-order valence-electron chi connectivity index (χ0n) is 13.6. The number of fused-ring (bicyclic) bond motifs is 1. The number of rotatable bonds is 7. The number of hydrogen-bond donors (Lipinski definition) is 0. The normalized spacial score (nSPS) is 13.9. The predicted octanol–water partition coefficient (Wildman–Crippen LogP) is 1.54. The van der Waals surface area contributed by atoms with Crippen molar-refractivity contribution in [2.45, 2.75) is 38.8 Å². The first-order valence-electron chi connectivity index (χ1n) is 8.13.